The Morgan fingerprint density at radius 3 is 1.21 bits per heavy atom. The van der Waals surface area contributed by atoms with Crippen LogP contribution in [-0.2, 0) is 19.2 Å². The van der Waals surface area contributed by atoms with Crippen molar-refractivity contribution in [1.29, 1.82) is 0 Å². The van der Waals surface area contributed by atoms with Crippen LogP contribution in [0.5, 0.6) is 0 Å². The molecule has 6 atom stereocenters. The molecule has 4 saturated heterocycles. The number of halogens is 2. The Hall–Kier alpha value is -3.38. The number of rotatable bonds is 4. The number of carbonyl (C=O) groups excluding carboxylic acids is 4. The first-order valence-corrected chi connectivity index (χ1v) is 15.8. The van der Waals surface area contributed by atoms with Crippen LogP contribution in [-0.4, -0.2) is 45.7 Å². The summed E-state index contributed by atoms with van der Waals surface area (Å²) in [4.78, 5) is 61.1. The van der Waals surface area contributed by atoms with Gasteiger partial charge < -0.3 is 0 Å². The van der Waals surface area contributed by atoms with E-state index in [4.69, 9.17) is 23.2 Å². The molecule has 0 saturated carbocycles. The fraction of sp³-hybridized carbons (Fsp3) is 0.200. The van der Waals surface area contributed by atoms with Gasteiger partial charge in [-0.1, -0.05) is 35.3 Å². The molecule has 0 aliphatic carbocycles. The van der Waals surface area contributed by atoms with Crippen LogP contribution in [0, 0.1) is 11.8 Å². The molecule has 2 aromatic heterocycles. The number of imide groups is 2. The van der Waals surface area contributed by atoms with E-state index in [1.54, 1.807) is 48.5 Å². The summed E-state index contributed by atoms with van der Waals surface area (Å²) >= 11 is 15.1. The van der Waals surface area contributed by atoms with Crippen molar-refractivity contribution in [1.82, 2.24) is 10.0 Å². The van der Waals surface area contributed by atoms with Crippen molar-refractivity contribution in [2.75, 3.05) is 9.80 Å². The summed E-state index contributed by atoms with van der Waals surface area (Å²) in [6, 6.07) is 17.8. The first-order valence-electron chi connectivity index (χ1n) is 13.3. The van der Waals surface area contributed by atoms with Crippen LogP contribution in [0.15, 0.2) is 83.6 Å². The van der Waals surface area contributed by atoms with Crippen molar-refractivity contribution in [3.05, 3.63) is 103 Å². The van der Waals surface area contributed by atoms with Gasteiger partial charge in [-0.05, 0) is 71.4 Å². The Balaban J connectivity index is 1.30. The zero-order valence-corrected chi connectivity index (χ0v) is 24.7. The molecule has 8 rings (SSSR count). The number of anilines is 2. The third kappa shape index (κ3) is 3.54. The molecule has 8 nitrogen and oxygen atoms in total. The van der Waals surface area contributed by atoms with Gasteiger partial charge >= 0.3 is 0 Å². The lowest BCUT2D eigenvalue weighted by Crippen LogP contribution is -2.50. The van der Waals surface area contributed by atoms with Crippen LogP contribution >= 0.6 is 45.9 Å². The van der Waals surface area contributed by atoms with E-state index in [0.717, 1.165) is 9.75 Å². The minimum absolute atomic E-state index is 0.340. The molecule has 12 heteroatoms. The highest BCUT2D eigenvalue weighted by atomic mass is 35.5. The van der Waals surface area contributed by atoms with Crippen molar-refractivity contribution in [2.24, 2.45) is 11.8 Å². The van der Waals surface area contributed by atoms with E-state index >= 15 is 0 Å². The summed E-state index contributed by atoms with van der Waals surface area (Å²) in [7, 11) is 0. The zero-order valence-electron chi connectivity index (χ0n) is 21.5. The summed E-state index contributed by atoms with van der Waals surface area (Å²) in [6.45, 7) is 0. The number of fused-ring (bicyclic) bond motifs is 5. The lowest BCUT2D eigenvalue weighted by molar-refractivity contribution is -0.135. The lowest BCUT2D eigenvalue weighted by atomic mass is 9.88. The molecule has 4 aromatic rings. The topological polar surface area (TPSA) is 81.2 Å². The Kier molecular flexibility index (Phi) is 5.98. The predicted octanol–water partition coefficient (Wildman–Crippen LogP) is 5.56. The SMILES string of the molecule is O=C1[C@@H]2[C@@H](C(=O)N1c1ccc(Cl)cc1)N1[C@H](c3cccs3)[C@@H]3C(=O)N(c4ccc(Cl)cc4)C(=O)[C@@H]3N1[C@@H]2c1cccs1. The molecule has 4 aliphatic rings. The molecule has 0 radical (unpaired) electrons. The average molecular weight is 636 g/mol. The van der Waals surface area contributed by atoms with Gasteiger partial charge in [0, 0.05) is 19.8 Å². The van der Waals surface area contributed by atoms with Gasteiger partial charge in [-0.3, -0.25) is 19.2 Å². The number of hydrazine groups is 1. The molecule has 0 bridgehead atoms. The van der Waals surface area contributed by atoms with E-state index in [9.17, 15) is 19.2 Å². The van der Waals surface area contributed by atoms with Crippen LogP contribution in [0.3, 0.4) is 0 Å². The smallest absolute Gasteiger partial charge is 0.253 e. The van der Waals surface area contributed by atoms with Crippen molar-refractivity contribution in [2.45, 2.75) is 24.2 Å². The Morgan fingerprint density at radius 2 is 0.881 bits per heavy atom. The highest BCUT2D eigenvalue weighted by Crippen LogP contribution is 2.60. The van der Waals surface area contributed by atoms with Gasteiger partial charge in [-0.25, -0.2) is 19.8 Å². The number of nitrogens with zero attached hydrogens (tertiary/aromatic N) is 4. The number of hydrogen-bond donors (Lipinski definition) is 0. The van der Waals surface area contributed by atoms with Gasteiger partial charge in [0.2, 0.25) is 11.8 Å². The van der Waals surface area contributed by atoms with E-state index in [-0.39, 0.29) is 23.6 Å². The van der Waals surface area contributed by atoms with Gasteiger partial charge in [0.1, 0.15) is 12.1 Å². The summed E-state index contributed by atoms with van der Waals surface area (Å²) in [6.07, 6.45) is 0. The molecule has 210 valence electrons. The Bertz CT molecular complexity index is 1620. The second-order valence-electron chi connectivity index (χ2n) is 10.6. The van der Waals surface area contributed by atoms with Crippen LogP contribution in [0.1, 0.15) is 21.8 Å². The van der Waals surface area contributed by atoms with Gasteiger partial charge in [-0.2, -0.15) is 0 Å². The van der Waals surface area contributed by atoms with Crippen LogP contribution in [0.2, 0.25) is 10.0 Å². The first-order chi connectivity index (χ1) is 20.4. The number of amides is 4. The maximum absolute atomic E-state index is 14.3. The number of carbonyl (C=O) groups is 4. The van der Waals surface area contributed by atoms with E-state index in [1.165, 1.54) is 32.5 Å². The summed E-state index contributed by atoms with van der Waals surface area (Å²) in [5.41, 5.74) is 0.877. The molecule has 4 amide bonds. The second kappa shape index (κ2) is 9.57. The molecular formula is C30H20Cl2N4O4S2. The maximum Gasteiger partial charge on any atom is 0.253 e. The Morgan fingerprint density at radius 1 is 0.500 bits per heavy atom. The summed E-state index contributed by atoms with van der Waals surface area (Å²) in [5, 5.41) is 8.57. The highest BCUT2D eigenvalue weighted by Gasteiger charge is 2.74. The zero-order chi connectivity index (χ0) is 28.9. The monoisotopic (exact) mass is 634 g/mol. The third-order valence-electron chi connectivity index (χ3n) is 8.56. The van der Waals surface area contributed by atoms with Gasteiger partial charge in [0.05, 0.1) is 35.3 Å². The van der Waals surface area contributed by atoms with Crippen molar-refractivity contribution in [3.8, 4) is 0 Å². The number of benzene rings is 2. The normalized spacial score (nSPS) is 29.1. The Labute approximate surface area is 258 Å². The van der Waals surface area contributed by atoms with Gasteiger partial charge in [0.25, 0.3) is 11.8 Å². The van der Waals surface area contributed by atoms with E-state index < -0.39 is 36.0 Å². The maximum atomic E-state index is 14.3. The molecule has 0 N–H and O–H groups in total. The largest absolute Gasteiger partial charge is 0.274 e. The van der Waals surface area contributed by atoms with Gasteiger partial charge in [0.15, 0.2) is 0 Å². The molecule has 4 aliphatic heterocycles. The molecule has 0 spiro atoms. The fourth-order valence-electron chi connectivity index (χ4n) is 7.00. The minimum atomic E-state index is -0.887. The van der Waals surface area contributed by atoms with Crippen molar-refractivity contribution < 1.29 is 19.2 Å². The first kappa shape index (κ1) is 26.3. The van der Waals surface area contributed by atoms with E-state index in [1.807, 2.05) is 45.0 Å². The number of hydrogen-bond acceptors (Lipinski definition) is 8. The quantitative estimate of drug-likeness (QED) is 0.273. The molecule has 6 heterocycles. The third-order valence-corrected chi connectivity index (χ3v) is 11.0. The van der Waals surface area contributed by atoms with Crippen LogP contribution in [0.25, 0.3) is 0 Å². The van der Waals surface area contributed by atoms with Crippen LogP contribution in [0.4, 0.5) is 11.4 Å². The average Bonchev–Trinajstić information content (AvgIpc) is 3.81. The van der Waals surface area contributed by atoms with Crippen LogP contribution < -0.4 is 9.80 Å². The minimum Gasteiger partial charge on any atom is -0.274 e. The molecule has 4 fully saturated rings. The molecule has 0 unspecified atom stereocenters. The predicted molar refractivity (Wildman–Crippen MR) is 160 cm³/mol. The summed E-state index contributed by atoms with van der Waals surface area (Å²) < 4.78 is 0. The lowest BCUT2D eigenvalue weighted by Gasteiger charge is -2.35. The van der Waals surface area contributed by atoms with Crippen molar-refractivity contribution >= 4 is 80.9 Å². The van der Waals surface area contributed by atoms with E-state index in [2.05, 4.69) is 0 Å². The molecule has 2 aromatic carbocycles. The van der Waals surface area contributed by atoms with Crippen molar-refractivity contribution in [3.63, 3.8) is 0 Å². The molecular weight excluding hydrogens is 615 g/mol. The van der Waals surface area contributed by atoms with E-state index in [0.29, 0.717) is 21.4 Å². The highest BCUT2D eigenvalue weighted by molar-refractivity contribution is 7.10. The number of thiophene rings is 2. The summed E-state index contributed by atoms with van der Waals surface area (Å²) in [5.74, 6) is -2.99. The second-order valence-corrected chi connectivity index (χ2v) is 13.4. The van der Waals surface area contributed by atoms with Gasteiger partial charge in [-0.15, -0.1) is 22.7 Å². The standard InChI is InChI=1S/C30H20Cl2N4O4S2/c31-15-5-9-17(10-6-15)33-27(37)21-23(19-3-1-13-41-19)35-26-22(24(20-4-2-14-42-20)36(35)25(21)29(33)39)28(38)34(30(26)40)18-11-7-16(32)8-12-18/h1-14,21-26H/t21-,22-,23+,24+,25-,26+/m0/s1. The molecule has 42 heavy (non-hydrogen) atoms. The fourth-order valence-corrected chi connectivity index (χ4v) is 8.98.